The van der Waals surface area contributed by atoms with Crippen molar-refractivity contribution in [3.63, 3.8) is 0 Å². The molecule has 3 heterocycles. The van der Waals surface area contributed by atoms with Gasteiger partial charge in [0, 0.05) is 66.1 Å². The van der Waals surface area contributed by atoms with Crippen molar-refractivity contribution in [3.05, 3.63) is 335 Å². The fraction of sp³-hybridized carbons (Fsp3) is 0. The number of rotatable bonds is 11. The summed E-state index contributed by atoms with van der Waals surface area (Å²) in [5.41, 5.74) is 18.8. The van der Waals surface area contributed by atoms with Crippen LogP contribution in [0.15, 0.2) is 267 Å². The van der Waals surface area contributed by atoms with E-state index in [0.717, 1.165) is 111 Å². The highest BCUT2D eigenvalue weighted by Crippen LogP contribution is 2.46. The molecule has 0 spiro atoms. The molecule has 0 radical (unpaired) electrons. The van der Waals surface area contributed by atoms with Gasteiger partial charge < -0.3 is 9.13 Å². The second-order valence-electron chi connectivity index (χ2n) is 24.8. The lowest BCUT2D eigenvalue weighted by atomic mass is 9.94. The van der Waals surface area contributed by atoms with Gasteiger partial charge >= 0.3 is 0 Å². The molecule has 0 N–H and O–H groups in total. The van der Waals surface area contributed by atoms with Gasteiger partial charge in [0.15, 0.2) is 34.5 Å². The molecule has 0 amide bonds. The normalized spacial score (nSPS) is 10.8. The largest absolute Gasteiger partial charge is 0.309 e. The Morgan fingerprint density at radius 1 is 0.240 bits per heavy atom. The Labute approximate surface area is 596 Å². The molecular weight excluding hydrogens is 1280 g/mol. The van der Waals surface area contributed by atoms with Crippen molar-refractivity contribution < 1.29 is 0 Å². The Morgan fingerprint density at radius 2 is 0.538 bits per heavy atom. The van der Waals surface area contributed by atoms with Crippen molar-refractivity contribution in [2.75, 3.05) is 0 Å². The second-order valence-corrected chi connectivity index (χ2v) is 24.8. The molecule has 0 saturated carbocycles. The molecule has 16 rings (SSSR count). The first kappa shape index (κ1) is 62.7. The van der Waals surface area contributed by atoms with E-state index in [2.05, 4.69) is 115 Å². The van der Waals surface area contributed by atoms with E-state index in [1.165, 1.54) is 0 Å². The third kappa shape index (κ3) is 11.3. The summed E-state index contributed by atoms with van der Waals surface area (Å²) in [5, 5.41) is 64.7. The predicted octanol–water partition coefficient (Wildman–Crippen LogP) is 22.0. The van der Waals surface area contributed by atoms with Crippen LogP contribution in [0.4, 0.5) is 17.1 Å². The molecule has 0 fully saturated rings. The maximum atomic E-state index is 10.7. The summed E-state index contributed by atoms with van der Waals surface area (Å²) >= 11 is 0. The molecule has 0 aliphatic heterocycles. The minimum Gasteiger partial charge on any atom is -0.309 e. The van der Waals surface area contributed by atoms with Gasteiger partial charge in [0.2, 0.25) is 0 Å². The molecule has 0 atom stereocenters. The van der Waals surface area contributed by atoms with Gasteiger partial charge in [0.1, 0.15) is 0 Å². The van der Waals surface area contributed by atoms with Crippen LogP contribution in [0.2, 0.25) is 0 Å². The molecule has 0 aliphatic carbocycles. The molecule has 104 heavy (non-hydrogen) atoms. The highest BCUT2D eigenvalue weighted by atomic mass is 15.0. The van der Waals surface area contributed by atoms with Crippen molar-refractivity contribution in [2.45, 2.75) is 0 Å². The average molecular weight is 1320 g/mol. The maximum Gasteiger partial charge on any atom is 0.189 e. The van der Waals surface area contributed by atoms with Gasteiger partial charge in [-0.25, -0.2) is 29.5 Å². The number of nitrogens with zero attached hydrogens (tertiary/aromatic N) is 14. The van der Waals surface area contributed by atoms with E-state index < -0.39 is 0 Å². The topological polar surface area (TPSA) is 204 Å². The Kier molecular flexibility index (Phi) is 15.7. The number of hydrogen-bond acceptors (Lipinski definition) is 9. The minimum atomic E-state index is 0.322. The maximum absolute atomic E-state index is 10.7. The first-order chi connectivity index (χ1) is 51.0. The van der Waals surface area contributed by atoms with E-state index in [0.29, 0.717) is 95.7 Å². The zero-order chi connectivity index (χ0) is 71.1. The molecule has 0 aliphatic rings. The summed E-state index contributed by atoms with van der Waals surface area (Å²) in [7, 11) is 0. The zero-order valence-corrected chi connectivity index (χ0v) is 54.7. The van der Waals surface area contributed by atoms with E-state index in [4.69, 9.17) is 34.7 Å². The van der Waals surface area contributed by atoms with Crippen molar-refractivity contribution >= 4 is 60.7 Å². The Balaban J connectivity index is 0.988. The Hall–Kier alpha value is -16.1. The van der Waals surface area contributed by atoms with Gasteiger partial charge in [-0.2, -0.15) is 31.6 Å². The third-order valence-electron chi connectivity index (χ3n) is 18.6. The van der Waals surface area contributed by atoms with Crippen LogP contribution in [-0.4, -0.2) is 24.1 Å². The highest BCUT2D eigenvalue weighted by Gasteiger charge is 2.25. The van der Waals surface area contributed by atoms with Gasteiger partial charge in [-0.1, -0.05) is 103 Å². The number of nitriles is 6. The minimum absolute atomic E-state index is 0.322. The average Bonchev–Trinajstić information content (AvgIpc) is 1.58. The number of hydrogen-bond donors (Lipinski definition) is 0. The summed E-state index contributed by atoms with van der Waals surface area (Å²) in [6.07, 6.45) is 0. The summed E-state index contributed by atoms with van der Waals surface area (Å²) < 4.78 is 4.41. The van der Waals surface area contributed by atoms with Crippen LogP contribution in [0.5, 0.6) is 0 Å². The van der Waals surface area contributed by atoms with Gasteiger partial charge in [-0.05, 0) is 219 Å². The molecular formula is C90H44N14. The fourth-order valence-electron chi connectivity index (χ4n) is 13.9. The lowest BCUT2D eigenvalue weighted by Crippen LogP contribution is -2.02. The molecule has 14 heteroatoms. The number of aromatic nitrogens is 5. The third-order valence-corrected chi connectivity index (χ3v) is 18.6. The molecule has 14 nitrogen and oxygen atoms in total. The van der Waals surface area contributed by atoms with Crippen LogP contribution in [-0.2, 0) is 0 Å². The standard InChI is InChI=1S/C90H44N14/c1-97-73-36-57(51-94)33-70(39-73)63-18-24-85-79(43-63)78-42-62(69-31-55(49-92)29-56(32-69)50-93)17-23-84(78)103(85)82-27-21-67(46-76(82)66-16-10-11-54(30-66)48-91)77-47-68(90-101-88(60-12-6-4-7-13-60)100-89(102-90)61-14-8-5-9-15-61)22-28-83(77)104-86-25-19-64(71-34-58(52-95)37-74(40-71)98-2)44-80(86)81-45-65(20-26-87(81)104)72-35-59(53-96)38-75(41-72)99-3/h4-47H. The van der Waals surface area contributed by atoms with Crippen molar-refractivity contribution in [1.82, 2.24) is 24.1 Å². The smallest absolute Gasteiger partial charge is 0.189 e. The van der Waals surface area contributed by atoms with Gasteiger partial charge in [-0.15, -0.1) is 0 Å². The van der Waals surface area contributed by atoms with E-state index >= 15 is 0 Å². The van der Waals surface area contributed by atoms with Gasteiger partial charge in [0.05, 0.1) is 106 Å². The monoisotopic (exact) mass is 1320 g/mol. The van der Waals surface area contributed by atoms with Crippen LogP contribution >= 0.6 is 0 Å². The fourth-order valence-corrected chi connectivity index (χ4v) is 13.9. The summed E-state index contributed by atoms with van der Waals surface area (Å²) in [6.45, 7) is 23.8. The summed E-state index contributed by atoms with van der Waals surface area (Å²) in [6, 6.07) is 97.8. The molecule has 3 aromatic heterocycles. The number of fused-ring (bicyclic) bond motifs is 6. The predicted molar refractivity (Wildman–Crippen MR) is 405 cm³/mol. The highest BCUT2D eigenvalue weighted by molar-refractivity contribution is 6.14. The van der Waals surface area contributed by atoms with Crippen molar-refractivity contribution in [2.24, 2.45) is 0 Å². The Morgan fingerprint density at radius 3 is 0.904 bits per heavy atom. The van der Waals surface area contributed by atoms with Crippen molar-refractivity contribution in [1.29, 1.82) is 31.6 Å². The lowest BCUT2D eigenvalue weighted by molar-refractivity contribution is 1.07. The van der Waals surface area contributed by atoms with Crippen LogP contribution in [0, 0.1) is 87.7 Å². The Bertz CT molecular complexity index is 6340. The molecule has 474 valence electrons. The molecule has 0 saturated heterocycles. The van der Waals surface area contributed by atoms with E-state index in [1.54, 1.807) is 78.9 Å². The second kappa shape index (κ2) is 26.0. The molecule has 0 bridgehead atoms. The first-order valence-corrected chi connectivity index (χ1v) is 32.6. The van der Waals surface area contributed by atoms with Crippen LogP contribution in [0.3, 0.4) is 0 Å². The van der Waals surface area contributed by atoms with Gasteiger partial charge in [0.25, 0.3) is 0 Å². The SMILES string of the molecule is [C-]#[N+]c1cc(C#N)cc(-c2ccc3c(c2)c2cc(-c4cc(C#N)cc([N+]#[C-])c4)ccc2n3-c2ccc(-c3nc(-c4ccccc4)nc(-c4ccccc4)n3)cc2-c2ccc(-n3c4ccc(-c5cc(C#N)cc(C#N)c5)cc4c4cc(-c5cc(C#N)cc([N+]#[C-])c5)ccc43)c(-c3cccc(C#N)c3)c2)c1. The van der Waals surface area contributed by atoms with E-state index in [-0.39, 0.29) is 0 Å². The van der Waals surface area contributed by atoms with Crippen LogP contribution < -0.4 is 0 Å². The molecule has 16 aromatic rings. The van der Waals surface area contributed by atoms with E-state index in [1.807, 2.05) is 133 Å². The molecule has 0 unspecified atom stereocenters. The molecule has 13 aromatic carbocycles. The summed E-state index contributed by atoms with van der Waals surface area (Å²) in [4.78, 5) is 26.7. The summed E-state index contributed by atoms with van der Waals surface area (Å²) in [5.74, 6) is 1.36. The van der Waals surface area contributed by atoms with Gasteiger partial charge in [-0.3, -0.25) is 0 Å². The first-order valence-electron chi connectivity index (χ1n) is 32.6. The van der Waals surface area contributed by atoms with Crippen LogP contribution in [0.1, 0.15) is 33.4 Å². The van der Waals surface area contributed by atoms with Crippen molar-refractivity contribution in [3.8, 4) is 149 Å². The zero-order valence-electron chi connectivity index (χ0n) is 54.7. The lowest BCUT2D eigenvalue weighted by Gasteiger charge is -2.19. The van der Waals surface area contributed by atoms with E-state index in [9.17, 15) is 31.6 Å². The number of benzene rings is 13. The quantitative estimate of drug-likeness (QED) is 0.113. The van der Waals surface area contributed by atoms with Crippen LogP contribution in [0.25, 0.3) is 170 Å².